The van der Waals surface area contributed by atoms with Crippen molar-refractivity contribution >= 4 is 33.3 Å². The van der Waals surface area contributed by atoms with Crippen molar-refractivity contribution in [3.63, 3.8) is 0 Å². The van der Waals surface area contributed by atoms with Crippen LogP contribution in [0.3, 0.4) is 0 Å². The Morgan fingerprint density at radius 3 is 2.32 bits per heavy atom. The highest BCUT2D eigenvalue weighted by atomic mass is 32.2. The molecule has 0 aromatic heterocycles. The van der Waals surface area contributed by atoms with Gasteiger partial charge in [-0.15, -0.1) is 0 Å². The van der Waals surface area contributed by atoms with E-state index in [1.807, 2.05) is 38.1 Å². The molecule has 9 heteroatoms. The summed E-state index contributed by atoms with van der Waals surface area (Å²) in [7, 11) is -3.86. The summed E-state index contributed by atoms with van der Waals surface area (Å²) in [6.07, 6.45) is 1.75. The summed E-state index contributed by atoms with van der Waals surface area (Å²) < 4.78 is 26.2. The van der Waals surface area contributed by atoms with E-state index >= 15 is 0 Å². The first-order valence-corrected chi connectivity index (χ1v) is 13.0. The van der Waals surface area contributed by atoms with E-state index in [1.54, 1.807) is 19.1 Å². The number of anilines is 1. The largest absolute Gasteiger partial charge is 0.354 e. The van der Waals surface area contributed by atoms with Crippen molar-refractivity contribution in [1.29, 1.82) is 0 Å². The van der Waals surface area contributed by atoms with Crippen LogP contribution in [0.1, 0.15) is 48.7 Å². The number of nitrogens with one attached hydrogen (secondary N) is 1. The molecule has 2 amide bonds. The Labute approximate surface area is 202 Å². The zero-order valence-electron chi connectivity index (χ0n) is 20.4. The average Bonchev–Trinajstić information content (AvgIpc) is 2.79. The van der Waals surface area contributed by atoms with E-state index in [9.17, 15) is 22.8 Å². The summed E-state index contributed by atoms with van der Waals surface area (Å²) in [5.41, 5.74) is 2.36. The number of Topliss-reactive ketones (excluding diaryl/α,β-unsaturated/α-hetero) is 1. The number of carbonyl (C=O) groups excluding carboxylic acids is 3. The fourth-order valence-electron chi connectivity index (χ4n) is 3.44. The lowest BCUT2D eigenvalue weighted by atomic mass is 10.1. The first kappa shape index (κ1) is 27.0. The molecular formula is C25H33N3O5S. The van der Waals surface area contributed by atoms with Gasteiger partial charge in [-0.05, 0) is 50.5 Å². The number of rotatable bonds is 11. The van der Waals surface area contributed by atoms with Gasteiger partial charge in [0.25, 0.3) is 0 Å². The summed E-state index contributed by atoms with van der Waals surface area (Å²) in [5.74, 6) is -1.06. The Morgan fingerprint density at radius 2 is 1.74 bits per heavy atom. The van der Waals surface area contributed by atoms with Crippen LogP contribution in [-0.4, -0.2) is 56.3 Å². The van der Waals surface area contributed by atoms with Crippen LogP contribution in [0.15, 0.2) is 48.5 Å². The number of carbonyl (C=O) groups is 3. The van der Waals surface area contributed by atoms with Crippen molar-refractivity contribution < 1.29 is 22.8 Å². The smallest absolute Gasteiger partial charge is 0.244 e. The molecule has 1 atom stereocenters. The minimum absolute atomic E-state index is 0.150. The maximum atomic E-state index is 13.5. The molecule has 184 valence electrons. The predicted octanol–water partition coefficient (Wildman–Crippen LogP) is 2.91. The highest BCUT2D eigenvalue weighted by Gasteiger charge is 2.30. The summed E-state index contributed by atoms with van der Waals surface area (Å²) in [5, 5.41) is 2.80. The van der Waals surface area contributed by atoms with Crippen LogP contribution >= 0.6 is 0 Å². The number of benzene rings is 2. The van der Waals surface area contributed by atoms with Crippen molar-refractivity contribution in [3.05, 3.63) is 65.2 Å². The normalized spacial score (nSPS) is 12.0. The topological polar surface area (TPSA) is 104 Å². The van der Waals surface area contributed by atoms with Gasteiger partial charge in [0.15, 0.2) is 5.78 Å². The zero-order chi connectivity index (χ0) is 25.5. The lowest BCUT2D eigenvalue weighted by Gasteiger charge is -2.32. The molecule has 0 aliphatic rings. The molecular weight excluding hydrogens is 454 g/mol. The first-order valence-electron chi connectivity index (χ1n) is 11.2. The van der Waals surface area contributed by atoms with Crippen LogP contribution < -0.4 is 9.62 Å². The second-order valence-electron chi connectivity index (χ2n) is 8.29. The van der Waals surface area contributed by atoms with Crippen LogP contribution in [0.4, 0.5) is 5.69 Å². The first-order chi connectivity index (χ1) is 16.0. The lowest BCUT2D eigenvalue weighted by Crippen LogP contribution is -2.51. The maximum absolute atomic E-state index is 13.5. The number of sulfonamides is 1. The monoisotopic (exact) mass is 487 g/mol. The summed E-state index contributed by atoms with van der Waals surface area (Å²) in [4.78, 5) is 39.4. The van der Waals surface area contributed by atoms with Crippen LogP contribution in [-0.2, 0) is 26.2 Å². The van der Waals surface area contributed by atoms with Gasteiger partial charge in [-0.3, -0.25) is 18.7 Å². The third-order valence-corrected chi connectivity index (χ3v) is 6.68. The fraction of sp³-hybridized carbons (Fsp3) is 0.400. The SMILES string of the molecule is CCCNC(=O)C(C)N(Cc1ccccc1C)C(=O)CN(c1cccc(C(C)=O)c1)S(C)(=O)=O. The quantitative estimate of drug-likeness (QED) is 0.491. The summed E-state index contributed by atoms with van der Waals surface area (Å²) >= 11 is 0. The summed E-state index contributed by atoms with van der Waals surface area (Å²) in [6.45, 7) is 6.98. The lowest BCUT2D eigenvalue weighted by molar-refractivity contribution is -0.139. The van der Waals surface area contributed by atoms with Crippen LogP contribution in [0.2, 0.25) is 0 Å². The molecule has 2 aromatic rings. The number of aryl methyl sites for hydroxylation is 1. The Hall–Kier alpha value is -3.20. The highest BCUT2D eigenvalue weighted by molar-refractivity contribution is 7.92. The Bertz CT molecular complexity index is 1150. The molecule has 0 bridgehead atoms. The fourth-order valence-corrected chi connectivity index (χ4v) is 4.28. The van der Waals surface area contributed by atoms with Gasteiger partial charge in [-0.1, -0.05) is 43.3 Å². The number of nitrogens with zero attached hydrogens (tertiary/aromatic N) is 2. The molecule has 0 saturated carbocycles. The van der Waals surface area contributed by atoms with Crippen LogP contribution in [0.5, 0.6) is 0 Å². The van der Waals surface area contributed by atoms with E-state index in [4.69, 9.17) is 0 Å². The average molecular weight is 488 g/mol. The van der Waals surface area contributed by atoms with Crippen LogP contribution in [0.25, 0.3) is 0 Å². The van der Waals surface area contributed by atoms with Gasteiger partial charge in [0.2, 0.25) is 21.8 Å². The van der Waals surface area contributed by atoms with E-state index < -0.39 is 28.5 Å². The summed E-state index contributed by atoms with van der Waals surface area (Å²) in [6, 6.07) is 12.8. The maximum Gasteiger partial charge on any atom is 0.244 e. The van der Waals surface area contributed by atoms with Gasteiger partial charge >= 0.3 is 0 Å². The van der Waals surface area contributed by atoms with E-state index in [2.05, 4.69) is 5.32 Å². The molecule has 2 aromatic carbocycles. The zero-order valence-corrected chi connectivity index (χ0v) is 21.2. The number of amides is 2. The highest BCUT2D eigenvalue weighted by Crippen LogP contribution is 2.21. The third-order valence-electron chi connectivity index (χ3n) is 5.54. The van der Waals surface area contributed by atoms with Crippen molar-refractivity contribution in [2.45, 2.75) is 46.7 Å². The number of hydrogen-bond acceptors (Lipinski definition) is 5. The van der Waals surface area contributed by atoms with Crippen molar-refractivity contribution in [2.75, 3.05) is 23.7 Å². The van der Waals surface area contributed by atoms with Gasteiger partial charge in [0.1, 0.15) is 12.6 Å². The molecule has 1 unspecified atom stereocenters. The van der Waals surface area contributed by atoms with Crippen LogP contribution in [0, 0.1) is 6.92 Å². The molecule has 0 aliphatic heterocycles. The Kier molecular flexibility index (Phi) is 9.37. The predicted molar refractivity (Wildman–Crippen MR) is 133 cm³/mol. The minimum Gasteiger partial charge on any atom is -0.354 e. The Morgan fingerprint density at radius 1 is 1.06 bits per heavy atom. The second kappa shape index (κ2) is 11.8. The van der Waals surface area contributed by atoms with Gasteiger partial charge in [-0.2, -0.15) is 0 Å². The van der Waals surface area contributed by atoms with E-state index in [1.165, 1.54) is 24.0 Å². The number of hydrogen-bond donors (Lipinski definition) is 1. The van der Waals surface area contributed by atoms with E-state index in [0.29, 0.717) is 12.1 Å². The molecule has 8 nitrogen and oxygen atoms in total. The van der Waals surface area contributed by atoms with Crippen molar-refractivity contribution in [2.24, 2.45) is 0 Å². The second-order valence-corrected chi connectivity index (χ2v) is 10.2. The number of ketones is 1. The van der Waals surface area contributed by atoms with Crippen molar-refractivity contribution in [3.8, 4) is 0 Å². The van der Waals surface area contributed by atoms with Gasteiger partial charge in [0.05, 0.1) is 11.9 Å². The molecule has 0 heterocycles. The van der Waals surface area contributed by atoms with Gasteiger partial charge in [0, 0.05) is 18.7 Å². The molecule has 34 heavy (non-hydrogen) atoms. The third kappa shape index (κ3) is 7.15. The molecule has 1 N–H and O–H groups in total. The molecule has 0 aliphatic carbocycles. The molecule has 0 saturated heterocycles. The standard InChI is InChI=1S/C25H33N3O5S/c1-6-14-26-25(31)19(3)27(16-22-11-8-7-10-18(22)2)24(30)17-28(34(5,32)33)23-13-9-12-21(15-23)20(4)29/h7-13,15,19H,6,14,16-17H2,1-5H3,(H,26,31). The van der Waals surface area contributed by atoms with Crippen molar-refractivity contribution in [1.82, 2.24) is 10.2 Å². The Balaban J connectivity index is 2.42. The van der Waals surface area contributed by atoms with Gasteiger partial charge < -0.3 is 10.2 Å². The molecule has 0 spiro atoms. The minimum atomic E-state index is -3.86. The van der Waals surface area contributed by atoms with E-state index in [-0.39, 0.29) is 23.9 Å². The van der Waals surface area contributed by atoms with Gasteiger partial charge in [-0.25, -0.2) is 8.42 Å². The molecule has 2 rings (SSSR count). The molecule has 0 radical (unpaired) electrons. The van der Waals surface area contributed by atoms with E-state index in [0.717, 1.165) is 28.1 Å². The molecule has 0 fully saturated rings.